The van der Waals surface area contributed by atoms with Crippen molar-refractivity contribution in [3.05, 3.63) is 66.6 Å². The van der Waals surface area contributed by atoms with Crippen LogP contribution in [-0.2, 0) is 6.54 Å². The van der Waals surface area contributed by atoms with Crippen LogP contribution < -0.4 is 5.56 Å². The first kappa shape index (κ1) is 11.9. The molecule has 2 nitrogen and oxygen atoms in total. The average molecular weight is 390 g/mol. The van der Waals surface area contributed by atoms with E-state index >= 15 is 0 Å². The molecule has 0 N–H and O–H groups in total. The third kappa shape index (κ3) is 2.55. The fourth-order valence-electron chi connectivity index (χ4n) is 1.44. The molecule has 4 heteroatoms. The van der Waals surface area contributed by atoms with Crippen LogP contribution >= 0.6 is 38.5 Å². The Morgan fingerprint density at radius 3 is 2.69 bits per heavy atom. The van der Waals surface area contributed by atoms with Gasteiger partial charge in [-0.2, -0.15) is 0 Å². The number of hydrogen-bond acceptors (Lipinski definition) is 1. The minimum atomic E-state index is 0.0545. The normalized spacial score (nSPS) is 10.4. The van der Waals surface area contributed by atoms with Crippen LogP contribution in [0.3, 0.4) is 0 Å². The quantitative estimate of drug-likeness (QED) is 0.722. The molecule has 0 aliphatic carbocycles. The van der Waals surface area contributed by atoms with E-state index in [0.29, 0.717) is 6.54 Å². The Morgan fingerprint density at radius 1 is 1.19 bits per heavy atom. The fraction of sp³-hybridized carbons (Fsp3) is 0.0833. The zero-order valence-electron chi connectivity index (χ0n) is 8.36. The molecule has 0 aliphatic rings. The van der Waals surface area contributed by atoms with Crippen molar-refractivity contribution in [1.29, 1.82) is 0 Å². The van der Waals surface area contributed by atoms with Gasteiger partial charge in [0.25, 0.3) is 5.56 Å². The molecule has 1 aromatic carbocycles. The highest BCUT2D eigenvalue weighted by atomic mass is 127. The van der Waals surface area contributed by atoms with Crippen LogP contribution in [0.4, 0.5) is 0 Å². The fourth-order valence-corrected chi connectivity index (χ4v) is 2.37. The van der Waals surface area contributed by atoms with Crippen molar-refractivity contribution in [2.24, 2.45) is 0 Å². The van der Waals surface area contributed by atoms with Gasteiger partial charge < -0.3 is 4.57 Å². The van der Waals surface area contributed by atoms with Gasteiger partial charge in [0.2, 0.25) is 0 Å². The molecule has 1 heterocycles. The number of aromatic nitrogens is 1. The maximum atomic E-state index is 11.8. The van der Waals surface area contributed by atoms with Crippen molar-refractivity contribution < 1.29 is 0 Å². The van der Waals surface area contributed by atoms with Crippen LogP contribution in [0, 0.1) is 3.57 Å². The lowest BCUT2D eigenvalue weighted by Gasteiger charge is -2.07. The largest absolute Gasteiger partial charge is 0.310 e. The van der Waals surface area contributed by atoms with Gasteiger partial charge in [-0.25, -0.2) is 0 Å². The van der Waals surface area contributed by atoms with Gasteiger partial charge in [-0.3, -0.25) is 4.79 Å². The summed E-state index contributed by atoms with van der Waals surface area (Å²) in [5, 5.41) is 0. The summed E-state index contributed by atoms with van der Waals surface area (Å²) in [6.07, 6.45) is 1.81. The Balaban J connectivity index is 2.39. The summed E-state index contributed by atoms with van der Waals surface area (Å²) in [6.45, 7) is 0.594. The lowest BCUT2D eigenvalue weighted by Crippen LogP contribution is -2.21. The topological polar surface area (TPSA) is 22.0 Å². The van der Waals surface area contributed by atoms with Crippen LogP contribution in [0.25, 0.3) is 0 Å². The first-order valence-electron chi connectivity index (χ1n) is 4.77. The Bertz CT molecular complexity index is 565. The Labute approximate surface area is 116 Å². The van der Waals surface area contributed by atoms with Crippen molar-refractivity contribution in [1.82, 2.24) is 4.57 Å². The third-order valence-corrected chi connectivity index (χ3v) is 3.87. The molecule has 0 atom stereocenters. The molecule has 1 aromatic heterocycles. The van der Waals surface area contributed by atoms with Crippen LogP contribution in [-0.4, -0.2) is 4.57 Å². The van der Waals surface area contributed by atoms with Crippen molar-refractivity contribution in [3.8, 4) is 0 Å². The zero-order chi connectivity index (χ0) is 11.5. The predicted octanol–water partition coefficient (Wildman–Crippen LogP) is 3.26. The van der Waals surface area contributed by atoms with Crippen LogP contribution in [0.5, 0.6) is 0 Å². The molecule has 0 amide bonds. The van der Waals surface area contributed by atoms with Crippen LogP contribution in [0.15, 0.2) is 51.9 Å². The molecular weight excluding hydrogens is 381 g/mol. The van der Waals surface area contributed by atoms with E-state index < -0.39 is 0 Å². The molecule has 0 saturated carbocycles. The molecule has 0 aliphatic heterocycles. The molecule has 82 valence electrons. The van der Waals surface area contributed by atoms with Gasteiger partial charge in [-0.1, -0.05) is 34.1 Å². The number of benzene rings is 1. The SMILES string of the molecule is O=c1c(I)cccn1Cc1ccccc1Br. The molecule has 0 bridgehead atoms. The lowest BCUT2D eigenvalue weighted by molar-refractivity contribution is 0.752. The maximum absolute atomic E-state index is 11.8. The molecule has 0 saturated heterocycles. The monoisotopic (exact) mass is 389 g/mol. The summed E-state index contributed by atoms with van der Waals surface area (Å²) < 4.78 is 3.48. The van der Waals surface area contributed by atoms with Crippen molar-refractivity contribution in [2.45, 2.75) is 6.54 Å². The van der Waals surface area contributed by atoms with Gasteiger partial charge in [0.15, 0.2) is 0 Å². The minimum Gasteiger partial charge on any atom is -0.310 e. The molecule has 2 aromatic rings. The first-order chi connectivity index (χ1) is 7.68. The van der Waals surface area contributed by atoms with E-state index in [1.807, 2.05) is 42.6 Å². The standard InChI is InChI=1S/C12H9BrINO/c13-10-5-2-1-4-9(10)8-15-7-3-6-11(14)12(15)16/h1-7H,8H2. The highest BCUT2D eigenvalue weighted by molar-refractivity contribution is 14.1. The van der Waals surface area contributed by atoms with Gasteiger partial charge in [0.1, 0.15) is 0 Å². The number of hydrogen-bond donors (Lipinski definition) is 0. The molecule has 0 fully saturated rings. The molecule has 16 heavy (non-hydrogen) atoms. The van der Waals surface area contributed by atoms with E-state index in [9.17, 15) is 4.79 Å². The molecule has 0 spiro atoms. The molecule has 0 unspecified atom stereocenters. The third-order valence-electron chi connectivity index (χ3n) is 2.27. The summed E-state index contributed by atoms with van der Waals surface area (Å²) in [4.78, 5) is 11.8. The minimum absolute atomic E-state index is 0.0545. The number of nitrogens with zero attached hydrogens (tertiary/aromatic N) is 1. The summed E-state index contributed by atoms with van der Waals surface area (Å²) in [5.41, 5.74) is 1.16. The zero-order valence-corrected chi connectivity index (χ0v) is 12.1. The lowest BCUT2D eigenvalue weighted by atomic mass is 10.2. The smallest absolute Gasteiger partial charge is 0.264 e. The van der Waals surface area contributed by atoms with Gasteiger partial charge in [-0.15, -0.1) is 0 Å². The Hall–Kier alpha value is -0.620. The second-order valence-electron chi connectivity index (χ2n) is 3.38. The van der Waals surface area contributed by atoms with E-state index in [2.05, 4.69) is 38.5 Å². The second kappa shape index (κ2) is 5.14. The number of rotatable bonds is 2. The van der Waals surface area contributed by atoms with Gasteiger partial charge in [-0.05, 0) is 46.4 Å². The second-order valence-corrected chi connectivity index (χ2v) is 5.40. The van der Waals surface area contributed by atoms with E-state index in [0.717, 1.165) is 13.6 Å². The Morgan fingerprint density at radius 2 is 1.94 bits per heavy atom. The van der Waals surface area contributed by atoms with Crippen molar-refractivity contribution in [2.75, 3.05) is 0 Å². The van der Waals surface area contributed by atoms with E-state index in [-0.39, 0.29) is 5.56 Å². The van der Waals surface area contributed by atoms with E-state index in [1.165, 1.54) is 0 Å². The molecular formula is C12H9BrINO. The van der Waals surface area contributed by atoms with Crippen molar-refractivity contribution in [3.63, 3.8) is 0 Å². The summed E-state index contributed by atoms with van der Waals surface area (Å²) >= 11 is 5.54. The maximum Gasteiger partial charge on any atom is 0.264 e. The number of pyridine rings is 1. The summed E-state index contributed by atoms with van der Waals surface area (Å²) in [6, 6.07) is 11.6. The van der Waals surface area contributed by atoms with Gasteiger partial charge in [0, 0.05) is 10.7 Å². The predicted molar refractivity (Wildman–Crippen MR) is 76.7 cm³/mol. The number of halogens is 2. The highest BCUT2D eigenvalue weighted by Crippen LogP contribution is 2.16. The van der Waals surface area contributed by atoms with E-state index in [1.54, 1.807) is 4.57 Å². The van der Waals surface area contributed by atoms with E-state index in [4.69, 9.17) is 0 Å². The summed E-state index contributed by atoms with van der Waals surface area (Å²) in [5.74, 6) is 0. The van der Waals surface area contributed by atoms with Crippen molar-refractivity contribution >= 4 is 38.5 Å². The van der Waals surface area contributed by atoms with Crippen LogP contribution in [0.2, 0.25) is 0 Å². The van der Waals surface area contributed by atoms with Gasteiger partial charge in [0.05, 0.1) is 10.1 Å². The summed E-state index contributed by atoms with van der Waals surface area (Å²) in [7, 11) is 0. The molecule has 0 radical (unpaired) electrons. The first-order valence-corrected chi connectivity index (χ1v) is 6.64. The highest BCUT2D eigenvalue weighted by Gasteiger charge is 2.03. The Kier molecular flexibility index (Phi) is 3.81. The average Bonchev–Trinajstić information content (AvgIpc) is 2.28. The van der Waals surface area contributed by atoms with Crippen LogP contribution in [0.1, 0.15) is 5.56 Å². The molecule has 2 rings (SSSR count). The van der Waals surface area contributed by atoms with Gasteiger partial charge >= 0.3 is 0 Å².